The predicted octanol–water partition coefficient (Wildman–Crippen LogP) is 1.70. The second-order valence-corrected chi connectivity index (χ2v) is 6.81. The molecule has 0 aliphatic carbocycles. The maximum atomic E-state index is 12.5. The number of nitrogens with zero attached hydrogens (tertiary/aromatic N) is 2. The topological polar surface area (TPSA) is 71.2 Å². The van der Waals surface area contributed by atoms with Gasteiger partial charge in [-0.2, -0.15) is 4.37 Å². The van der Waals surface area contributed by atoms with Crippen LogP contribution in [0.25, 0.3) is 10.1 Å². The molecule has 5 rings (SSSR count). The molecule has 1 aromatic heterocycles. The van der Waals surface area contributed by atoms with E-state index in [1.165, 1.54) is 37.5 Å². The molecule has 1 amide bonds. The van der Waals surface area contributed by atoms with Crippen molar-refractivity contribution in [3.63, 3.8) is 0 Å². The summed E-state index contributed by atoms with van der Waals surface area (Å²) in [5.74, 6) is 0.573. The van der Waals surface area contributed by atoms with E-state index in [2.05, 4.69) is 14.6 Å². The summed E-state index contributed by atoms with van der Waals surface area (Å²) in [5, 5.41) is 4.09. The van der Waals surface area contributed by atoms with Gasteiger partial charge in [0.25, 0.3) is 5.91 Å². The zero-order valence-electron chi connectivity index (χ0n) is 11.7. The van der Waals surface area contributed by atoms with Crippen LogP contribution in [0.15, 0.2) is 18.2 Å². The van der Waals surface area contributed by atoms with E-state index in [0.717, 1.165) is 16.6 Å². The van der Waals surface area contributed by atoms with Crippen LogP contribution in [0.5, 0.6) is 0 Å². The summed E-state index contributed by atoms with van der Waals surface area (Å²) in [7, 11) is 0. The molecular weight excluding hydrogens is 284 g/mol. The molecule has 5 nitrogen and oxygen atoms in total. The lowest BCUT2D eigenvalue weighted by Crippen LogP contribution is -2.57. The lowest BCUT2D eigenvalue weighted by molar-refractivity contribution is 0.0619. The summed E-state index contributed by atoms with van der Waals surface area (Å²) in [4.78, 5) is 15.0. The van der Waals surface area contributed by atoms with Crippen molar-refractivity contribution in [3.8, 4) is 0 Å². The summed E-state index contributed by atoms with van der Waals surface area (Å²) >= 11 is 1.33. The van der Waals surface area contributed by atoms with E-state index in [1.807, 2.05) is 18.2 Å². The fourth-order valence-electron chi connectivity index (χ4n) is 3.48. The number of amides is 1. The van der Waals surface area contributed by atoms with Crippen molar-refractivity contribution in [2.24, 2.45) is 5.92 Å². The Morgan fingerprint density at radius 2 is 2.19 bits per heavy atom. The summed E-state index contributed by atoms with van der Waals surface area (Å²) in [6, 6.07) is 5.85. The highest BCUT2D eigenvalue weighted by Crippen LogP contribution is 2.29. The minimum Gasteiger partial charge on any atom is -0.399 e. The number of aromatic nitrogens is 1. The SMILES string of the molecule is Nc1ccc2c(C(=O)N[C@H]3CN4CCC3CC4)nsc2c1. The van der Waals surface area contributed by atoms with Crippen LogP contribution >= 0.6 is 11.5 Å². The van der Waals surface area contributed by atoms with Crippen molar-refractivity contribution in [2.45, 2.75) is 18.9 Å². The molecule has 3 saturated heterocycles. The van der Waals surface area contributed by atoms with Crippen LogP contribution in [-0.4, -0.2) is 40.9 Å². The molecule has 1 atom stereocenters. The van der Waals surface area contributed by atoms with Crippen LogP contribution in [0.1, 0.15) is 23.3 Å². The fourth-order valence-corrected chi connectivity index (χ4v) is 4.31. The van der Waals surface area contributed by atoms with Gasteiger partial charge >= 0.3 is 0 Å². The molecule has 0 spiro atoms. The Morgan fingerprint density at radius 1 is 1.38 bits per heavy atom. The highest BCUT2D eigenvalue weighted by Gasteiger charge is 2.35. The summed E-state index contributed by atoms with van der Waals surface area (Å²) < 4.78 is 5.29. The highest BCUT2D eigenvalue weighted by molar-refractivity contribution is 7.13. The Labute approximate surface area is 127 Å². The summed E-state index contributed by atoms with van der Waals surface area (Å²) in [6.07, 6.45) is 2.39. The van der Waals surface area contributed by atoms with Crippen molar-refractivity contribution in [1.82, 2.24) is 14.6 Å². The second-order valence-electron chi connectivity index (χ2n) is 6.00. The molecule has 0 saturated carbocycles. The molecule has 110 valence electrons. The third kappa shape index (κ3) is 2.28. The van der Waals surface area contributed by atoms with E-state index in [9.17, 15) is 4.79 Å². The summed E-state index contributed by atoms with van der Waals surface area (Å²) in [6.45, 7) is 3.33. The molecule has 4 heterocycles. The van der Waals surface area contributed by atoms with Crippen molar-refractivity contribution in [1.29, 1.82) is 0 Å². The van der Waals surface area contributed by atoms with Crippen LogP contribution in [0.4, 0.5) is 5.69 Å². The fraction of sp³-hybridized carbons (Fsp3) is 0.467. The number of nitrogens with one attached hydrogen (secondary N) is 1. The maximum Gasteiger partial charge on any atom is 0.271 e. The molecule has 6 heteroatoms. The lowest BCUT2D eigenvalue weighted by Gasteiger charge is -2.44. The Balaban J connectivity index is 1.56. The number of hydrogen-bond acceptors (Lipinski definition) is 5. The van der Waals surface area contributed by atoms with Gasteiger partial charge in [0, 0.05) is 23.7 Å². The molecule has 2 aromatic rings. The molecule has 3 N–H and O–H groups in total. The van der Waals surface area contributed by atoms with E-state index >= 15 is 0 Å². The first-order valence-corrected chi connectivity index (χ1v) is 8.16. The van der Waals surface area contributed by atoms with Crippen molar-refractivity contribution < 1.29 is 4.79 Å². The minimum absolute atomic E-state index is 0.0511. The van der Waals surface area contributed by atoms with Gasteiger partial charge in [-0.05, 0) is 61.6 Å². The molecule has 3 aliphatic heterocycles. The van der Waals surface area contributed by atoms with Gasteiger partial charge < -0.3 is 16.0 Å². The van der Waals surface area contributed by atoms with Crippen LogP contribution < -0.4 is 11.1 Å². The second kappa shape index (κ2) is 4.96. The number of benzene rings is 1. The maximum absolute atomic E-state index is 12.5. The van der Waals surface area contributed by atoms with Crippen molar-refractivity contribution >= 4 is 33.2 Å². The molecule has 0 unspecified atom stereocenters. The average Bonchev–Trinajstić information content (AvgIpc) is 2.91. The van der Waals surface area contributed by atoms with Gasteiger partial charge in [-0.25, -0.2) is 0 Å². The number of rotatable bonds is 2. The third-order valence-corrected chi connectivity index (χ3v) is 5.49. The molecule has 3 aliphatic rings. The quantitative estimate of drug-likeness (QED) is 0.828. The van der Waals surface area contributed by atoms with E-state index < -0.39 is 0 Å². The predicted molar refractivity (Wildman–Crippen MR) is 84.5 cm³/mol. The smallest absolute Gasteiger partial charge is 0.271 e. The summed E-state index contributed by atoms with van der Waals surface area (Å²) in [5.41, 5.74) is 7.01. The van der Waals surface area contributed by atoms with Gasteiger partial charge in [-0.1, -0.05) is 0 Å². The Bertz CT molecular complexity index is 690. The number of anilines is 1. The van der Waals surface area contributed by atoms with Gasteiger partial charge in [0.05, 0.1) is 4.70 Å². The number of carbonyl (C=O) groups excluding carboxylic acids is 1. The van der Waals surface area contributed by atoms with E-state index in [1.54, 1.807) is 0 Å². The minimum atomic E-state index is -0.0511. The number of piperidine rings is 3. The van der Waals surface area contributed by atoms with Crippen LogP contribution in [0, 0.1) is 5.92 Å². The van der Waals surface area contributed by atoms with Gasteiger partial charge in [0.1, 0.15) is 5.69 Å². The largest absolute Gasteiger partial charge is 0.399 e. The number of fused-ring (bicyclic) bond motifs is 4. The Kier molecular flexibility index (Phi) is 3.08. The van der Waals surface area contributed by atoms with Gasteiger partial charge in [-0.3, -0.25) is 4.79 Å². The molecular formula is C15H18N4OS. The monoisotopic (exact) mass is 302 g/mol. The zero-order chi connectivity index (χ0) is 14.4. The number of nitrogen functional groups attached to an aromatic ring is 1. The first kappa shape index (κ1) is 13.0. The van der Waals surface area contributed by atoms with E-state index in [-0.39, 0.29) is 11.9 Å². The molecule has 0 radical (unpaired) electrons. The average molecular weight is 302 g/mol. The molecule has 1 aromatic carbocycles. The number of nitrogens with two attached hydrogens (primary N) is 1. The third-order valence-electron chi connectivity index (χ3n) is 4.68. The number of carbonyl (C=O) groups is 1. The lowest BCUT2D eigenvalue weighted by atomic mass is 9.84. The molecule has 3 fully saturated rings. The molecule has 21 heavy (non-hydrogen) atoms. The van der Waals surface area contributed by atoms with E-state index in [4.69, 9.17) is 5.73 Å². The Morgan fingerprint density at radius 3 is 2.90 bits per heavy atom. The number of hydrogen-bond donors (Lipinski definition) is 2. The Hall–Kier alpha value is -1.66. The zero-order valence-corrected chi connectivity index (χ0v) is 12.5. The van der Waals surface area contributed by atoms with Gasteiger partial charge in [-0.15, -0.1) is 0 Å². The normalized spacial score (nSPS) is 27.9. The highest BCUT2D eigenvalue weighted by atomic mass is 32.1. The van der Waals surface area contributed by atoms with Crippen LogP contribution in [-0.2, 0) is 0 Å². The van der Waals surface area contributed by atoms with Crippen molar-refractivity contribution in [2.75, 3.05) is 25.4 Å². The van der Waals surface area contributed by atoms with Crippen LogP contribution in [0.3, 0.4) is 0 Å². The van der Waals surface area contributed by atoms with Gasteiger partial charge in [0.15, 0.2) is 0 Å². The van der Waals surface area contributed by atoms with E-state index in [0.29, 0.717) is 17.3 Å². The first-order chi connectivity index (χ1) is 10.2. The van der Waals surface area contributed by atoms with Crippen molar-refractivity contribution in [3.05, 3.63) is 23.9 Å². The van der Waals surface area contributed by atoms with Gasteiger partial charge in [0.2, 0.25) is 0 Å². The standard InChI is InChI=1S/C15H18N4OS/c16-10-1-2-11-13(7-10)21-18-14(11)15(20)17-12-8-19-5-3-9(12)4-6-19/h1-2,7,9,12H,3-6,8,16H2,(H,17,20)/t12-/m0/s1. The molecule has 2 bridgehead atoms. The first-order valence-electron chi connectivity index (χ1n) is 7.39. The van der Waals surface area contributed by atoms with Crippen LogP contribution in [0.2, 0.25) is 0 Å².